The molecule has 2 aromatic rings. The number of carbonyl (C=O) groups excluding carboxylic acids is 1. The third kappa shape index (κ3) is 3.84. The van der Waals surface area contributed by atoms with E-state index in [1.165, 1.54) is 11.3 Å². The molecule has 1 amide bonds. The minimum Gasteiger partial charge on any atom is -0.495 e. The summed E-state index contributed by atoms with van der Waals surface area (Å²) in [5.41, 5.74) is 14.5. The normalized spacial score (nSPS) is 26.3. The van der Waals surface area contributed by atoms with Crippen LogP contribution in [0, 0.1) is 6.92 Å². The average molecular weight is 437 g/mol. The van der Waals surface area contributed by atoms with Crippen molar-refractivity contribution >= 4 is 17.3 Å². The predicted octanol–water partition coefficient (Wildman–Crippen LogP) is 1.58. The lowest BCUT2D eigenvalue weighted by Gasteiger charge is -2.38. The second-order valence-electron chi connectivity index (χ2n) is 8.97. The maximum absolute atomic E-state index is 13.0. The molecule has 3 fully saturated rings. The fraction of sp³-hybridized carbons (Fsp3) is 0.458. The zero-order chi connectivity index (χ0) is 22.2. The molecule has 3 unspecified atom stereocenters. The molecule has 0 spiro atoms. The Morgan fingerprint density at radius 2 is 1.75 bits per heavy atom. The summed E-state index contributed by atoms with van der Waals surface area (Å²) in [5.74, 6) is 0.718. The summed E-state index contributed by atoms with van der Waals surface area (Å²) in [4.78, 5) is 17.8. The molecule has 3 aliphatic rings. The summed E-state index contributed by atoms with van der Waals surface area (Å²) < 4.78 is 5.56. The highest BCUT2D eigenvalue weighted by Crippen LogP contribution is 2.36. The van der Waals surface area contributed by atoms with Crippen LogP contribution in [-0.4, -0.2) is 63.2 Å². The maximum Gasteiger partial charge on any atom is 0.243 e. The number of anilines is 2. The molecule has 5 rings (SSSR count). The molecule has 3 saturated heterocycles. The van der Waals surface area contributed by atoms with E-state index in [0.29, 0.717) is 12.2 Å². The number of hydrazine groups is 2. The lowest BCUT2D eigenvalue weighted by Crippen LogP contribution is -2.60. The van der Waals surface area contributed by atoms with Crippen molar-refractivity contribution in [3.8, 4) is 5.75 Å². The number of likely N-dealkylation sites (N-methyl/N-ethyl adjacent to an activating group) is 1. The second-order valence-corrected chi connectivity index (χ2v) is 8.97. The number of carbonyl (C=O) groups is 1. The van der Waals surface area contributed by atoms with E-state index in [9.17, 15) is 4.79 Å². The average Bonchev–Trinajstić information content (AvgIpc) is 3.21. The van der Waals surface area contributed by atoms with E-state index in [2.05, 4.69) is 57.4 Å². The summed E-state index contributed by atoms with van der Waals surface area (Å²) >= 11 is 0. The zero-order valence-electron chi connectivity index (χ0n) is 19.0. The quantitative estimate of drug-likeness (QED) is 0.672. The number of piperazine rings is 1. The van der Waals surface area contributed by atoms with Gasteiger partial charge in [0, 0.05) is 44.3 Å². The first kappa shape index (κ1) is 21.2. The summed E-state index contributed by atoms with van der Waals surface area (Å²) in [6.45, 7) is 6.30. The number of aryl methyl sites for hydroxylation is 1. The first-order valence-electron chi connectivity index (χ1n) is 11.3. The second kappa shape index (κ2) is 8.71. The van der Waals surface area contributed by atoms with Crippen LogP contribution in [-0.2, 0) is 4.79 Å². The molecule has 0 bridgehead atoms. The molecule has 3 N–H and O–H groups in total. The van der Waals surface area contributed by atoms with Gasteiger partial charge in [-0.1, -0.05) is 24.3 Å². The van der Waals surface area contributed by atoms with E-state index in [4.69, 9.17) is 4.74 Å². The Morgan fingerprint density at radius 1 is 1.00 bits per heavy atom. The topological polar surface area (TPSA) is 72.1 Å². The number of para-hydroxylation sites is 1. The number of rotatable bonds is 4. The van der Waals surface area contributed by atoms with Crippen LogP contribution in [0.25, 0.3) is 0 Å². The van der Waals surface area contributed by atoms with Crippen LogP contribution < -0.4 is 30.9 Å². The Kier molecular flexibility index (Phi) is 5.77. The van der Waals surface area contributed by atoms with E-state index in [1.807, 2.05) is 25.1 Å². The number of ether oxygens (including phenoxy) is 1. The Balaban J connectivity index is 1.36. The van der Waals surface area contributed by atoms with Crippen LogP contribution in [0.2, 0.25) is 0 Å². The minimum atomic E-state index is 0.0241. The number of benzene rings is 2. The highest BCUT2D eigenvalue weighted by molar-refractivity contribution is 5.96. The van der Waals surface area contributed by atoms with Gasteiger partial charge in [-0.2, -0.15) is 0 Å². The number of hydrogen-bond donors (Lipinski definition) is 3. The summed E-state index contributed by atoms with van der Waals surface area (Å²) in [6, 6.07) is 14.8. The van der Waals surface area contributed by atoms with Crippen LogP contribution in [0.3, 0.4) is 0 Å². The first-order chi connectivity index (χ1) is 15.5. The van der Waals surface area contributed by atoms with Crippen molar-refractivity contribution < 1.29 is 9.53 Å². The van der Waals surface area contributed by atoms with Crippen molar-refractivity contribution in [2.75, 3.05) is 50.2 Å². The molecule has 2 aromatic carbocycles. The van der Waals surface area contributed by atoms with Gasteiger partial charge in [0.1, 0.15) is 11.4 Å². The summed E-state index contributed by atoms with van der Waals surface area (Å²) in [5, 5.41) is 1.68. The molecule has 0 saturated carbocycles. The molecule has 3 aliphatic heterocycles. The molecule has 3 heterocycles. The van der Waals surface area contributed by atoms with Gasteiger partial charge >= 0.3 is 0 Å². The minimum absolute atomic E-state index is 0.0241. The van der Waals surface area contributed by atoms with Gasteiger partial charge in [0.25, 0.3) is 0 Å². The Labute approximate surface area is 189 Å². The van der Waals surface area contributed by atoms with E-state index >= 15 is 0 Å². The van der Waals surface area contributed by atoms with E-state index in [-0.39, 0.29) is 24.0 Å². The number of fused-ring (bicyclic) bond motifs is 1. The maximum atomic E-state index is 13.0. The Hall–Kier alpha value is -2.65. The number of amides is 1. The van der Waals surface area contributed by atoms with Crippen molar-refractivity contribution in [3.05, 3.63) is 53.6 Å². The smallest absolute Gasteiger partial charge is 0.243 e. The van der Waals surface area contributed by atoms with Crippen LogP contribution in [0.15, 0.2) is 42.5 Å². The van der Waals surface area contributed by atoms with E-state index in [0.717, 1.165) is 37.4 Å². The molecule has 8 heteroatoms. The lowest BCUT2D eigenvalue weighted by atomic mass is 9.93. The monoisotopic (exact) mass is 436 g/mol. The summed E-state index contributed by atoms with van der Waals surface area (Å²) in [6.07, 6.45) is 0.415. The fourth-order valence-electron chi connectivity index (χ4n) is 4.97. The molecule has 0 aromatic heterocycles. The Morgan fingerprint density at radius 3 is 2.47 bits per heavy atom. The van der Waals surface area contributed by atoms with Crippen LogP contribution in [0.4, 0.5) is 11.4 Å². The molecule has 8 nitrogen and oxygen atoms in total. The predicted molar refractivity (Wildman–Crippen MR) is 126 cm³/mol. The van der Waals surface area contributed by atoms with Gasteiger partial charge in [-0.05, 0) is 43.3 Å². The molecule has 0 aliphatic carbocycles. The van der Waals surface area contributed by atoms with Crippen LogP contribution in [0.5, 0.6) is 5.75 Å². The third-order valence-corrected chi connectivity index (χ3v) is 6.90. The summed E-state index contributed by atoms with van der Waals surface area (Å²) in [7, 11) is 3.81. The van der Waals surface area contributed by atoms with Crippen molar-refractivity contribution in [1.29, 1.82) is 0 Å². The first-order valence-corrected chi connectivity index (χ1v) is 11.3. The Bertz CT molecular complexity index is 973. The highest BCUT2D eigenvalue weighted by Gasteiger charge is 2.44. The molecule has 3 atom stereocenters. The SMILES string of the molecule is COc1cccc(C)c1N1NC2C(CC1=O)NNC2c1ccc(N2CCN(C)CC2)cc1. The zero-order valence-corrected chi connectivity index (χ0v) is 19.0. The lowest BCUT2D eigenvalue weighted by molar-refractivity contribution is -0.121. The van der Waals surface area contributed by atoms with Crippen LogP contribution in [0.1, 0.15) is 23.6 Å². The van der Waals surface area contributed by atoms with Crippen molar-refractivity contribution in [1.82, 2.24) is 21.2 Å². The van der Waals surface area contributed by atoms with Gasteiger partial charge < -0.3 is 14.5 Å². The van der Waals surface area contributed by atoms with Gasteiger partial charge in [-0.3, -0.25) is 10.2 Å². The number of nitrogens with zero attached hydrogens (tertiary/aromatic N) is 3. The third-order valence-electron chi connectivity index (χ3n) is 6.90. The molecule has 32 heavy (non-hydrogen) atoms. The van der Waals surface area contributed by atoms with Gasteiger partial charge in [-0.15, -0.1) is 0 Å². The standard InChI is InChI=1S/C24H32N6O2/c1-16-5-4-6-20(32-3)24(16)30-21(31)15-19-23(27-30)22(26-25-19)17-7-9-18(10-8-17)29-13-11-28(2)12-14-29/h4-10,19,22-23,25-27H,11-15H2,1-3H3. The highest BCUT2D eigenvalue weighted by atomic mass is 16.5. The fourth-order valence-corrected chi connectivity index (χ4v) is 4.97. The molecular weight excluding hydrogens is 404 g/mol. The van der Waals surface area contributed by atoms with Gasteiger partial charge in [-0.25, -0.2) is 15.9 Å². The van der Waals surface area contributed by atoms with Crippen molar-refractivity contribution in [3.63, 3.8) is 0 Å². The largest absolute Gasteiger partial charge is 0.495 e. The number of hydrogen-bond acceptors (Lipinski definition) is 7. The number of methoxy groups -OCH3 is 1. The molecule has 170 valence electrons. The van der Waals surface area contributed by atoms with Gasteiger partial charge in [0.15, 0.2) is 0 Å². The van der Waals surface area contributed by atoms with Crippen molar-refractivity contribution in [2.24, 2.45) is 0 Å². The molecule has 0 radical (unpaired) electrons. The van der Waals surface area contributed by atoms with Crippen LogP contribution >= 0.6 is 0 Å². The van der Waals surface area contributed by atoms with E-state index < -0.39 is 0 Å². The van der Waals surface area contributed by atoms with Crippen molar-refractivity contribution in [2.45, 2.75) is 31.5 Å². The molecular formula is C24H32N6O2. The number of nitrogens with one attached hydrogen (secondary N) is 3. The van der Waals surface area contributed by atoms with E-state index in [1.54, 1.807) is 12.1 Å². The van der Waals surface area contributed by atoms with Gasteiger partial charge in [0.05, 0.1) is 19.2 Å². The van der Waals surface area contributed by atoms with Gasteiger partial charge in [0.2, 0.25) is 5.91 Å².